The van der Waals surface area contributed by atoms with Crippen LogP contribution in [0.3, 0.4) is 0 Å². The summed E-state index contributed by atoms with van der Waals surface area (Å²) in [6.07, 6.45) is 0.875. The zero-order valence-corrected chi connectivity index (χ0v) is 17.2. The van der Waals surface area contributed by atoms with E-state index in [1.165, 1.54) is 6.07 Å². The normalized spacial score (nSPS) is 15.1. The summed E-state index contributed by atoms with van der Waals surface area (Å²) in [6.45, 7) is 1.81. The molecule has 1 N–H and O–H groups in total. The summed E-state index contributed by atoms with van der Waals surface area (Å²) < 4.78 is 43.4. The molecule has 0 bridgehead atoms. The van der Waals surface area contributed by atoms with E-state index >= 15 is 0 Å². The highest BCUT2D eigenvalue weighted by Gasteiger charge is 2.37. The van der Waals surface area contributed by atoms with Crippen molar-refractivity contribution in [3.63, 3.8) is 0 Å². The molecule has 0 aliphatic heterocycles. The van der Waals surface area contributed by atoms with Gasteiger partial charge >= 0.3 is 6.18 Å². The van der Waals surface area contributed by atoms with Gasteiger partial charge in [0.05, 0.1) is 6.04 Å². The van der Waals surface area contributed by atoms with Crippen molar-refractivity contribution >= 4 is 11.6 Å². The molecule has 1 aromatic carbocycles. The van der Waals surface area contributed by atoms with E-state index in [2.05, 4.69) is 15.4 Å². The summed E-state index contributed by atoms with van der Waals surface area (Å²) in [4.78, 5) is 17.1. The fourth-order valence-electron chi connectivity index (χ4n) is 3.71. The van der Waals surface area contributed by atoms with Crippen LogP contribution in [0.5, 0.6) is 0 Å². The number of alkyl halides is 3. The number of nitrogens with one attached hydrogen (secondary N) is 1. The highest BCUT2D eigenvalue weighted by atomic mass is 19.4. The van der Waals surface area contributed by atoms with E-state index in [0.29, 0.717) is 10.2 Å². The van der Waals surface area contributed by atoms with E-state index in [1.54, 1.807) is 0 Å². The molecule has 0 radical (unpaired) electrons. The molecule has 32 heavy (non-hydrogen) atoms. The topological polar surface area (TPSA) is 64.2 Å². The molecule has 3 aromatic heterocycles. The van der Waals surface area contributed by atoms with Crippen LogP contribution in [0, 0.1) is 0 Å². The van der Waals surface area contributed by atoms with E-state index in [0.717, 1.165) is 30.2 Å². The van der Waals surface area contributed by atoms with Crippen LogP contribution in [-0.2, 0) is 6.18 Å². The third-order valence-electron chi connectivity index (χ3n) is 5.59. The van der Waals surface area contributed by atoms with Gasteiger partial charge in [-0.3, -0.25) is 4.79 Å². The number of carbonyl (C=O) groups is 1. The molecule has 1 saturated carbocycles. The molecule has 1 fully saturated rings. The quantitative estimate of drug-likeness (QED) is 0.481. The summed E-state index contributed by atoms with van der Waals surface area (Å²) in [7, 11) is 0. The maximum absolute atomic E-state index is 13.6. The zero-order valence-electron chi connectivity index (χ0n) is 17.2. The number of rotatable bonds is 5. The SMILES string of the molecule is CC(NC(=O)c1cc2nc(C3CC3)cc(C(F)(F)F)n2n1)c1cccc(-n2cccc2)c1. The lowest BCUT2D eigenvalue weighted by Crippen LogP contribution is -2.27. The van der Waals surface area contributed by atoms with Crippen molar-refractivity contribution in [1.82, 2.24) is 24.5 Å². The maximum Gasteiger partial charge on any atom is 0.433 e. The van der Waals surface area contributed by atoms with Crippen LogP contribution >= 0.6 is 0 Å². The highest BCUT2D eigenvalue weighted by Crippen LogP contribution is 2.41. The van der Waals surface area contributed by atoms with Crippen molar-refractivity contribution in [2.75, 3.05) is 0 Å². The third-order valence-corrected chi connectivity index (χ3v) is 5.59. The number of benzene rings is 1. The number of hydrogen-bond acceptors (Lipinski definition) is 3. The fourth-order valence-corrected chi connectivity index (χ4v) is 3.71. The lowest BCUT2D eigenvalue weighted by Gasteiger charge is -2.15. The predicted octanol–water partition coefficient (Wildman–Crippen LogP) is 4.91. The Morgan fingerprint density at radius 1 is 1.12 bits per heavy atom. The van der Waals surface area contributed by atoms with E-state index in [4.69, 9.17) is 0 Å². The first kappa shape index (κ1) is 20.3. The minimum Gasteiger partial charge on any atom is -0.344 e. The number of hydrogen-bond donors (Lipinski definition) is 1. The van der Waals surface area contributed by atoms with Gasteiger partial charge in [0.25, 0.3) is 5.91 Å². The number of carbonyl (C=O) groups excluding carboxylic acids is 1. The Labute approximate surface area is 181 Å². The Hall–Kier alpha value is -3.62. The fraction of sp³-hybridized carbons (Fsp3) is 0.261. The van der Waals surface area contributed by atoms with E-state index in [-0.39, 0.29) is 23.3 Å². The first-order chi connectivity index (χ1) is 15.3. The molecule has 0 saturated heterocycles. The first-order valence-electron chi connectivity index (χ1n) is 10.3. The van der Waals surface area contributed by atoms with Crippen molar-refractivity contribution in [1.29, 1.82) is 0 Å². The molecule has 4 aromatic rings. The van der Waals surface area contributed by atoms with Gasteiger partial charge in [-0.1, -0.05) is 12.1 Å². The van der Waals surface area contributed by atoms with Gasteiger partial charge in [0.15, 0.2) is 11.3 Å². The van der Waals surface area contributed by atoms with Crippen LogP contribution in [-0.4, -0.2) is 25.1 Å². The molecule has 1 amide bonds. The number of aromatic nitrogens is 4. The molecular formula is C23H20F3N5O. The van der Waals surface area contributed by atoms with Crippen LogP contribution in [0.15, 0.2) is 60.9 Å². The second kappa shape index (κ2) is 7.51. The smallest absolute Gasteiger partial charge is 0.344 e. The molecule has 5 rings (SSSR count). The average molecular weight is 439 g/mol. The van der Waals surface area contributed by atoms with Crippen LogP contribution in [0.25, 0.3) is 11.3 Å². The van der Waals surface area contributed by atoms with Crippen LogP contribution in [0.4, 0.5) is 13.2 Å². The maximum atomic E-state index is 13.6. The standard InChI is InChI=1S/C23H20F3N5O/c1-14(16-5-4-6-17(11-16)30-9-2-3-10-30)27-22(32)19-13-21-28-18(15-7-8-15)12-20(23(24,25)26)31(21)29-19/h2-6,9-15H,7-8H2,1H3,(H,27,32). The van der Waals surface area contributed by atoms with E-state index in [1.807, 2.05) is 60.3 Å². The molecule has 1 aliphatic carbocycles. The molecule has 6 nitrogen and oxygen atoms in total. The van der Waals surface area contributed by atoms with Crippen LogP contribution < -0.4 is 5.32 Å². The predicted molar refractivity (Wildman–Crippen MR) is 112 cm³/mol. The van der Waals surface area contributed by atoms with Crippen molar-refractivity contribution < 1.29 is 18.0 Å². The first-order valence-corrected chi connectivity index (χ1v) is 10.3. The average Bonchev–Trinajstić information content (AvgIpc) is 3.29. The minimum atomic E-state index is -4.60. The second-order valence-corrected chi connectivity index (χ2v) is 8.02. The van der Waals surface area contributed by atoms with Gasteiger partial charge in [-0.05, 0) is 55.7 Å². The van der Waals surface area contributed by atoms with Gasteiger partial charge in [-0.2, -0.15) is 18.3 Å². The Bertz CT molecular complexity index is 1290. The molecule has 0 spiro atoms. The molecule has 1 aliphatic rings. The summed E-state index contributed by atoms with van der Waals surface area (Å²) in [5.41, 5.74) is 1.19. The Kier molecular flexibility index (Phi) is 4.76. The van der Waals surface area contributed by atoms with Crippen molar-refractivity contribution in [3.8, 4) is 5.69 Å². The van der Waals surface area contributed by atoms with Crippen molar-refractivity contribution in [3.05, 3.63) is 83.6 Å². The molecule has 3 heterocycles. The number of amides is 1. The summed E-state index contributed by atoms with van der Waals surface area (Å²) in [5, 5.41) is 6.74. The van der Waals surface area contributed by atoms with Crippen LogP contribution in [0.2, 0.25) is 0 Å². The molecule has 9 heteroatoms. The molecular weight excluding hydrogens is 419 g/mol. The van der Waals surface area contributed by atoms with Crippen LogP contribution in [0.1, 0.15) is 59.2 Å². The Morgan fingerprint density at radius 3 is 2.56 bits per heavy atom. The number of halogens is 3. The van der Waals surface area contributed by atoms with Gasteiger partial charge in [0.2, 0.25) is 0 Å². The molecule has 1 atom stereocenters. The third kappa shape index (κ3) is 3.86. The van der Waals surface area contributed by atoms with Crippen molar-refractivity contribution in [2.24, 2.45) is 0 Å². The summed E-state index contributed by atoms with van der Waals surface area (Å²) in [5.74, 6) is -0.517. The lowest BCUT2D eigenvalue weighted by molar-refractivity contribution is -0.142. The zero-order chi connectivity index (χ0) is 22.5. The largest absolute Gasteiger partial charge is 0.433 e. The van der Waals surface area contributed by atoms with Gasteiger partial charge in [-0.15, -0.1) is 0 Å². The van der Waals surface area contributed by atoms with Gasteiger partial charge < -0.3 is 9.88 Å². The second-order valence-electron chi connectivity index (χ2n) is 8.02. The molecule has 164 valence electrons. The summed E-state index contributed by atoms with van der Waals surface area (Å²) in [6, 6.07) is 13.5. The molecule has 1 unspecified atom stereocenters. The Balaban J connectivity index is 1.42. The van der Waals surface area contributed by atoms with Gasteiger partial charge in [0, 0.05) is 35.8 Å². The number of fused-ring (bicyclic) bond motifs is 1. The minimum absolute atomic E-state index is 0.0223. The van der Waals surface area contributed by atoms with E-state index < -0.39 is 17.8 Å². The van der Waals surface area contributed by atoms with Gasteiger partial charge in [0.1, 0.15) is 5.69 Å². The van der Waals surface area contributed by atoms with Gasteiger partial charge in [-0.25, -0.2) is 9.50 Å². The summed E-state index contributed by atoms with van der Waals surface area (Å²) >= 11 is 0. The van der Waals surface area contributed by atoms with Crippen molar-refractivity contribution in [2.45, 2.75) is 37.9 Å². The number of nitrogens with zero attached hydrogens (tertiary/aromatic N) is 4. The monoisotopic (exact) mass is 439 g/mol. The lowest BCUT2D eigenvalue weighted by atomic mass is 10.1. The highest BCUT2D eigenvalue weighted by molar-refractivity contribution is 5.93. The van der Waals surface area contributed by atoms with E-state index in [9.17, 15) is 18.0 Å². The Morgan fingerprint density at radius 2 is 1.88 bits per heavy atom.